The molecule has 1 fully saturated rings. The van der Waals surface area contributed by atoms with E-state index < -0.39 is 0 Å². The Hall–Kier alpha value is -2.95. The fourth-order valence-electron chi connectivity index (χ4n) is 2.38. The number of nitrogens with two attached hydrogens (primary N) is 1. The van der Waals surface area contributed by atoms with Gasteiger partial charge in [-0.3, -0.25) is 0 Å². The van der Waals surface area contributed by atoms with E-state index in [-0.39, 0.29) is 5.95 Å². The molecule has 0 saturated heterocycles. The quantitative estimate of drug-likeness (QED) is 0.593. The van der Waals surface area contributed by atoms with Gasteiger partial charge in [0.1, 0.15) is 11.6 Å². The Labute approximate surface area is 153 Å². The highest BCUT2D eigenvalue weighted by Crippen LogP contribution is 2.36. The zero-order chi connectivity index (χ0) is 17.9. The maximum Gasteiger partial charge on any atom is 0.232 e. The number of anilines is 3. The molecule has 26 heavy (non-hydrogen) atoms. The van der Waals surface area contributed by atoms with Crippen molar-refractivity contribution in [3.8, 4) is 5.75 Å². The third-order valence-electron chi connectivity index (χ3n) is 3.74. The van der Waals surface area contributed by atoms with Crippen LogP contribution in [-0.2, 0) is 5.75 Å². The minimum absolute atomic E-state index is 0.148. The van der Waals surface area contributed by atoms with Crippen LogP contribution < -0.4 is 15.8 Å². The lowest BCUT2D eigenvalue weighted by Gasteiger charge is -2.10. The van der Waals surface area contributed by atoms with Gasteiger partial charge >= 0.3 is 0 Å². The van der Waals surface area contributed by atoms with Crippen molar-refractivity contribution in [2.45, 2.75) is 29.8 Å². The first kappa shape index (κ1) is 16.5. The summed E-state index contributed by atoms with van der Waals surface area (Å²) in [6.07, 6.45) is 2.23. The van der Waals surface area contributed by atoms with Crippen molar-refractivity contribution < 1.29 is 4.74 Å². The van der Waals surface area contributed by atoms with Crippen molar-refractivity contribution in [3.63, 3.8) is 0 Å². The monoisotopic (exact) mass is 371 g/mol. The number of methoxy groups -OCH3 is 1. The molecule has 0 aliphatic heterocycles. The topological polar surface area (TPSA) is 130 Å². The molecule has 0 atom stereocenters. The molecule has 0 spiro atoms. The first-order valence-corrected chi connectivity index (χ1v) is 9.02. The van der Waals surface area contributed by atoms with E-state index in [0.29, 0.717) is 29.3 Å². The van der Waals surface area contributed by atoms with Gasteiger partial charge in [0.15, 0.2) is 0 Å². The number of ether oxygens (including phenoxy) is 1. The summed E-state index contributed by atoms with van der Waals surface area (Å²) in [4.78, 5) is 12.8. The van der Waals surface area contributed by atoms with Crippen molar-refractivity contribution in [1.82, 2.24) is 35.2 Å². The van der Waals surface area contributed by atoms with Crippen LogP contribution in [0.1, 0.15) is 24.7 Å². The number of benzene rings is 1. The predicted octanol–water partition coefficient (Wildman–Crippen LogP) is 1.82. The van der Waals surface area contributed by atoms with Crippen LogP contribution in [0.2, 0.25) is 0 Å². The fourth-order valence-corrected chi connectivity index (χ4v) is 3.18. The highest BCUT2D eigenvalue weighted by atomic mass is 32.2. The van der Waals surface area contributed by atoms with Crippen LogP contribution in [0.5, 0.6) is 5.75 Å². The van der Waals surface area contributed by atoms with Crippen molar-refractivity contribution in [2.24, 2.45) is 0 Å². The molecule has 4 rings (SSSR count). The molecule has 0 amide bonds. The largest absolute Gasteiger partial charge is 0.495 e. The molecule has 10 nitrogen and oxygen atoms in total. The molecule has 2 heterocycles. The average molecular weight is 371 g/mol. The Morgan fingerprint density at radius 3 is 2.92 bits per heavy atom. The zero-order valence-electron chi connectivity index (χ0n) is 14.0. The van der Waals surface area contributed by atoms with Gasteiger partial charge in [-0.1, -0.05) is 23.9 Å². The SMILES string of the molecule is COc1ccccc1Nc1nc(N)nc(CSc2nnnn2C2CC2)n1. The first-order valence-electron chi connectivity index (χ1n) is 8.04. The van der Waals surface area contributed by atoms with Gasteiger partial charge in [0, 0.05) is 0 Å². The number of hydrogen-bond acceptors (Lipinski definition) is 10. The van der Waals surface area contributed by atoms with Gasteiger partial charge in [-0.05, 0) is 35.4 Å². The smallest absolute Gasteiger partial charge is 0.232 e. The fraction of sp³-hybridized carbons (Fsp3) is 0.333. The lowest BCUT2D eigenvalue weighted by molar-refractivity contribution is 0.417. The number of nitrogens with zero attached hydrogens (tertiary/aromatic N) is 7. The summed E-state index contributed by atoms with van der Waals surface area (Å²) in [6, 6.07) is 7.92. The minimum Gasteiger partial charge on any atom is -0.495 e. The van der Waals surface area contributed by atoms with E-state index >= 15 is 0 Å². The Bertz CT molecular complexity index is 912. The van der Waals surface area contributed by atoms with Gasteiger partial charge in [-0.2, -0.15) is 15.0 Å². The summed E-state index contributed by atoms with van der Waals surface area (Å²) in [5.74, 6) is 2.23. The van der Waals surface area contributed by atoms with E-state index in [1.165, 1.54) is 11.8 Å². The zero-order valence-corrected chi connectivity index (χ0v) is 14.8. The van der Waals surface area contributed by atoms with Gasteiger partial charge < -0.3 is 15.8 Å². The van der Waals surface area contributed by atoms with E-state index in [4.69, 9.17) is 10.5 Å². The van der Waals surface area contributed by atoms with Crippen LogP contribution in [-0.4, -0.2) is 42.3 Å². The number of tetrazole rings is 1. The Morgan fingerprint density at radius 1 is 1.27 bits per heavy atom. The summed E-state index contributed by atoms with van der Waals surface area (Å²) in [6.45, 7) is 0. The van der Waals surface area contributed by atoms with Crippen LogP contribution in [0.3, 0.4) is 0 Å². The maximum atomic E-state index is 5.83. The number of aromatic nitrogens is 7. The number of nitrogen functional groups attached to an aromatic ring is 1. The third-order valence-corrected chi connectivity index (χ3v) is 4.67. The molecule has 3 N–H and O–H groups in total. The van der Waals surface area contributed by atoms with E-state index in [1.807, 2.05) is 28.9 Å². The van der Waals surface area contributed by atoms with Crippen LogP contribution in [0.25, 0.3) is 0 Å². The molecule has 0 bridgehead atoms. The number of rotatable bonds is 7. The number of nitrogens with one attached hydrogen (secondary N) is 1. The Balaban J connectivity index is 1.50. The third kappa shape index (κ3) is 3.67. The van der Waals surface area contributed by atoms with Crippen LogP contribution in [0.4, 0.5) is 17.6 Å². The summed E-state index contributed by atoms with van der Waals surface area (Å²) in [5.41, 5.74) is 6.58. The molecule has 1 aliphatic carbocycles. The second kappa shape index (κ2) is 7.12. The van der Waals surface area contributed by atoms with Crippen molar-refractivity contribution in [3.05, 3.63) is 30.1 Å². The standard InChI is InChI=1S/C15H17N9OS/c1-25-11-5-3-2-4-10(11)17-14-19-12(18-13(16)20-14)8-26-15-21-22-23-24(15)9-6-7-9/h2-5,9H,6-8H2,1H3,(H3,16,17,18,19,20). The lowest BCUT2D eigenvalue weighted by Crippen LogP contribution is -2.07. The van der Waals surface area contributed by atoms with Gasteiger partial charge in [-0.25, -0.2) is 4.68 Å². The summed E-state index contributed by atoms with van der Waals surface area (Å²) in [5, 5.41) is 15.7. The molecule has 1 saturated carbocycles. The average Bonchev–Trinajstić information content (AvgIpc) is 3.38. The lowest BCUT2D eigenvalue weighted by atomic mass is 10.3. The molecule has 1 aromatic carbocycles. The van der Waals surface area contributed by atoms with Crippen LogP contribution >= 0.6 is 11.8 Å². The predicted molar refractivity (Wildman–Crippen MR) is 96.2 cm³/mol. The first-order chi connectivity index (χ1) is 12.7. The molecule has 2 aromatic heterocycles. The van der Waals surface area contributed by atoms with Crippen molar-refractivity contribution in [2.75, 3.05) is 18.2 Å². The molecular formula is C15H17N9OS. The number of hydrogen-bond donors (Lipinski definition) is 2. The van der Waals surface area contributed by atoms with E-state index in [1.54, 1.807) is 7.11 Å². The normalized spacial score (nSPS) is 13.6. The maximum absolute atomic E-state index is 5.83. The van der Waals surface area contributed by atoms with Gasteiger partial charge in [0.25, 0.3) is 0 Å². The number of thioether (sulfide) groups is 1. The minimum atomic E-state index is 0.148. The Morgan fingerprint density at radius 2 is 2.12 bits per heavy atom. The van der Waals surface area contributed by atoms with E-state index in [0.717, 1.165) is 23.7 Å². The summed E-state index contributed by atoms with van der Waals surface area (Å²) < 4.78 is 7.17. The molecule has 0 radical (unpaired) electrons. The van der Waals surface area contributed by atoms with Crippen molar-refractivity contribution >= 4 is 29.3 Å². The van der Waals surface area contributed by atoms with Crippen molar-refractivity contribution in [1.29, 1.82) is 0 Å². The molecular weight excluding hydrogens is 354 g/mol. The van der Waals surface area contributed by atoms with Gasteiger partial charge in [0.05, 0.1) is 24.6 Å². The second-order valence-electron chi connectivity index (χ2n) is 5.68. The molecule has 134 valence electrons. The summed E-state index contributed by atoms with van der Waals surface area (Å²) >= 11 is 1.47. The summed E-state index contributed by atoms with van der Waals surface area (Å²) in [7, 11) is 1.61. The molecule has 1 aliphatic rings. The second-order valence-corrected chi connectivity index (χ2v) is 6.63. The van der Waals surface area contributed by atoms with Crippen LogP contribution in [0, 0.1) is 0 Å². The van der Waals surface area contributed by atoms with E-state index in [9.17, 15) is 0 Å². The van der Waals surface area contributed by atoms with Gasteiger partial charge in [0.2, 0.25) is 17.1 Å². The Kier molecular flexibility index (Phi) is 4.52. The molecule has 3 aromatic rings. The highest BCUT2D eigenvalue weighted by molar-refractivity contribution is 7.98. The van der Waals surface area contributed by atoms with E-state index in [2.05, 4.69) is 35.8 Å². The van der Waals surface area contributed by atoms with Crippen LogP contribution in [0.15, 0.2) is 29.4 Å². The molecule has 11 heteroatoms. The number of para-hydroxylation sites is 2. The molecule has 0 unspecified atom stereocenters. The highest BCUT2D eigenvalue weighted by Gasteiger charge is 2.28. The van der Waals surface area contributed by atoms with Gasteiger partial charge in [-0.15, -0.1) is 5.10 Å².